The molecule has 0 heterocycles. The molecule has 1 atom stereocenters. The molecule has 8 heteroatoms. The van der Waals surface area contributed by atoms with E-state index in [2.05, 4.69) is 5.32 Å². The van der Waals surface area contributed by atoms with Gasteiger partial charge in [0.1, 0.15) is 12.3 Å². The summed E-state index contributed by atoms with van der Waals surface area (Å²) >= 11 is 5.96. The standard InChI is InChI=1S/C23H23ClN2O4S/c1-17(18-6-4-3-5-7-18)25-23(27)16-26(20-10-8-19(24)9-11-20)31(28,29)22-14-12-21(30-2)13-15-22/h3-15,17H,16H2,1-2H3,(H,25,27). The minimum Gasteiger partial charge on any atom is -0.497 e. The monoisotopic (exact) mass is 458 g/mol. The average Bonchev–Trinajstić information content (AvgIpc) is 2.78. The van der Waals surface area contributed by atoms with Crippen LogP contribution in [0.15, 0.2) is 83.8 Å². The third kappa shape index (κ3) is 5.57. The number of sulfonamides is 1. The summed E-state index contributed by atoms with van der Waals surface area (Å²) in [4.78, 5) is 12.8. The van der Waals surface area contributed by atoms with E-state index in [0.29, 0.717) is 16.5 Å². The van der Waals surface area contributed by atoms with Crippen LogP contribution in [0.3, 0.4) is 0 Å². The summed E-state index contributed by atoms with van der Waals surface area (Å²) in [6.07, 6.45) is 0. The molecule has 0 spiro atoms. The molecule has 0 bridgehead atoms. The number of ether oxygens (including phenoxy) is 1. The van der Waals surface area contributed by atoms with Gasteiger partial charge in [-0.15, -0.1) is 0 Å². The third-order valence-electron chi connectivity index (χ3n) is 4.73. The lowest BCUT2D eigenvalue weighted by molar-refractivity contribution is -0.120. The first kappa shape index (κ1) is 22.7. The Balaban J connectivity index is 1.89. The molecule has 0 aliphatic heterocycles. The van der Waals surface area contributed by atoms with Gasteiger partial charge in [-0.1, -0.05) is 41.9 Å². The SMILES string of the molecule is COc1ccc(S(=O)(=O)N(CC(=O)NC(C)c2ccccc2)c2ccc(Cl)cc2)cc1. The molecule has 1 N–H and O–H groups in total. The van der Waals surface area contributed by atoms with Crippen molar-refractivity contribution in [3.05, 3.63) is 89.4 Å². The zero-order chi connectivity index (χ0) is 22.4. The second-order valence-electron chi connectivity index (χ2n) is 6.86. The molecule has 3 rings (SSSR count). The molecule has 0 saturated carbocycles. The Morgan fingerprint density at radius 2 is 1.61 bits per heavy atom. The predicted octanol–water partition coefficient (Wildman–Crippen LogP) is 4.42. The fraction of sp³-hybridized carbons (Fsp3) is 0.174. The highest BCUT2D eigenvalue weighted by Gasteiger charge is 2.27. The third-order valence-corrected chi connectivity index (χ3v) is 6.77. The number of hydrogen-bond donors (Lipinski definition) is 1. The lowest BCUT2D eigenvalue weighted by atomic mass is 10.1. The summed E-state index contributed by atoms with van der Waals surface area (Å²) in [5.41, 5.74) is 1.26. The van der Waals surface area contributed by atoms with Crippen molar-refractivity contribution in [3.8, 4) is 5.75 Å². The van der Waals surface area contributed by atoms with Gasteiger partial charge in [-0.05, 0) is 61.0 Å². The lowest BCUT2D eigenvalue weighted by Crippen LogP contribution is -2.41. The van der Waals surface area contributed by atoms with Crippen LogP contribution in [0.2, 0.25) is 5.02 Å². The van der Waals surface area contributed by atoms with Gasteiger partial charge in [-0.2, -0.15) is 0 Å². The van der Waals surface area contributed by atoms with Gasteiger partial charge in [0, 0.05) is 5.02 Å². The molecule has 0 aliphatic carbocycles. The van der Waals surface area contributed by atoms with Crippen LogP contribution in [-0.2, 0) is 14.8 Å². The molecule has 1 unspecified atom stereocenters. The first-order valence-corrected chi connectivity index (χ1v) is 11.4. The first-order chi connectivity index (χ1) is 14.8. The molecule has 31 heavy (non-hydrogen) atoms. The number of hydrogen-bond acceptors (Lipinski definition) is 4. The Hall–Kier alpha value is -3.03. The summed E-state index contributed by atoms with van der Waals surface area (Å²) in [5.74, 6) is 0.106. The van der Waals surface area contributed by atoms with Crippen molar-refractivity contribution in [2.24, 2.45) is 0 Å². The van der Waals surface area contributed by atoms with Crippen LogP contribution in [0.1, 0.15) is 18.5 Å². The summed E-state index contributed by atoms with van der Waals surface area (Å²) in [6.45, 7) is 1.46. The van der Waals surface area contributed by atoms with Crippen LogP contribution in [0.25, 0.3) is 0 Å². The molecule has 6 nitrogen and oxygen atoms in total. The van der Waals surface area contributed by atoms with E-state index in [9.17, 15) is 13.2 Å². The summed E-state index contributed by atoms with van der Waals surface area (Å²) in [6, 6.07) is 21.5. The van der Waals surface area contributed by atoms with Gasteiger partial charge in [-0.25, -0.2) is 8.42 Å². The van der Waals surface area contributed by atoms with Crippen molar-refractivity contribution in [3.63, 3.8) is 0 Å². The zero-order valence-electron chi connectivity index (χ0n) is 17.2. The van der Waals surface area contributed by atoms with E-state index >= 15 is 0 Å². The van der Waals surface area contributed by atoms with Gasteiger partial charge in [0.2, 0.25) is 5.91 Å². The summed E-state index contributed by atoms with van der Waals surface area (Å²) in [5, 5.41) is 3.32. The topological polar surface area (TPSA) is 75.7 Å². The van der Waals surface area contributed by atoms with Crippen LogP contribution >= 0.6 is 11.6 Å². The fourth-order valence-corrected chi connectivity index (χ4v) is 4.59. The maximum absolute atomic E-state index is 13.4. The fourth-order valence-electron chi connectivity index (χ4n) is 3.04. The van der Waals surface area contributed by atoms with E-state index < -0.39 is 15.9 Å². The normalized spacial score (nSPS) is 12.1. The molecule has 0 aromatic heterocycles. The zero-order valence-corrected chi connectivity index (χ0v) is 18.7. The molecule has 162 valence electrons. The average molecular weight is 459 g/mol. The van der Waals surface area contributed by atoms with Crippen LogP contribution in [-0.4, -0.2) is 28.0 Å². The van der Waals surface area contributed by atoms with Crippen LogP contribution in [0, 0.1) is 0 Å². The van der Waals surface area contributed by atoms with Crippen molar-refractivity contribution in [1.82, 2.24) is 5.32 Å². The predicted molar refractivity (Wildman–Crippen MR) is 122 cm³/mol. The Morgan fingerprint density at radius 1 is 1.00 bits per heavy atom. The van der Waals surface area contributed by atoms with Crippen molar-refractivity contribution in [2.75, 3.05) is 18.0 Å². The Kier molecular flexibility index (Phi) is 7.20. The van der Waals surface area contributed by atoms with Crippen LogP contribution in [0.5, 0.6) is 5.75 Å². The highest BCUT2D eigenvalue weighted by molar-refractivity contribution is 7.92. The molecule has 0 aliphatic rings. The number of carbonyl (C=O) groups is 1. The molecular weight excluding hydrogens is 436 g/mol. The maximum atomic E-state index is 13.4. The number of carbonyl (C=O) groups excluding carboxylic acids is 1. The highest BCUT2D eigenvalue weighted by atomic mass is 35.5. The quantitative estimate of drug-likeness (QED) is 0.542. The number of halogens is 1. The summed E-state index contributed by atoms with van der Waals surface area (Å²) < 4.78 is 32.9. The van der Waals surface area contributed by atoms with Gasteiger partial charge in [0.25, 0.3) is 10.0 Å². The van der Waals surface area contributed by atoms with Crippen molar-refractivity contribution in [2.45, 2.75) is 17.9 Å². The molecule has 0 fully saturated rings. The maximum Gasteiger partial charge on any atom is 0.264 e. The van der Waals surface area contributed by atoms with Gasteiger partial charge in [-0.3, -0.25) is 9.10 Å². The van der Waals surface area contributed by atoms with Crippen LogP contribution in [0.4, 0.5) is 5.69 Å². The number of nitrogens with one attached hydrogen (secondary N) is 1. The number of nitrogens with zero attached hydrogens (tertiary/aromatic N) is 1. The summed E-state index contributed by atoms with van der Waals surface area (Å²) in [7, 11) is -2.51. The van der Waals surface area contributed by atoms with E-state index in [1.54, 1.807) is 36.4 Å². The molecule has 3 aromatic rings. The number of anilines is 1. The van der Waals surface area contributed by atoms with E-state index in [-0.39, 0.29) is 17.5 Å². The minimum absolute atomic E-state index is 0.0483. The van der Waals surface area contributed by atoms with Crippen molar-refractivity contribution < 1.29 is 17.9 Å². The van der Waals surface area contributed by atoms with Gasteiger partial charge in [0.15, 0.2) is 0 Å². The van der Waals surface area contributed by atoms with E-state index in [4.69, 9.17) is 16.3 Å². The van der Waals surface area contributed by atoms with Gasteiger partial charge < -0.3 is 10.1 Å². The second kappa shape index (κ2) is 9.85. The molecule has 3 aromatic carbocycles. The van der Waals surface area contributed by atoms with E-state index in [1.165, 1.54) is 19.2 Å². The Morgan fingerprint density at radius 3 is 2.19 bits per heavy atom. The number of methoxy groups -OCH3 is 1. The molecular formula is C23H23ClN2O4S. The second-order valence-corrected chi connectivity index (χ2v) is 9.16. The largest absolute Gasteiger partial charge is 0.497 e. The van der Waals surface area contributed by atoms with Crippen molar-refractivity contribution in [1.29, 1.82) is 0 Å². The van der Waals surface area contributed by atoms with E-state index in [1.807, 2.05) is 37.3 Å². The first-order valence-electron chi connectivity index (χ1n) is 9.58. The lowest BCUT2D eigenvalue weighted by Gasteiger charge is -2.25. The van der Waals surface area contributed by atoms with Crippen LogP contribution < -0.4 is 14.4 Å². The minimum atomic E-state index is -4.01. The van der Waals surface area contributed by atoms with Gasteiger partial charge >= 0.3 is 0 Å². The molecule has 0 radical (unpaired) electrons. The Labute approximate surface area is 187 Å². The van der Waals surface area contributed by atoms with E-state index in [0.717, 1.165) is 9.87 Å². The number of benzene rings is 3. The van der Waals surface area contributed by atoms with Gasteiger partial charge in [0.05, 0.1) is 23.7 Å². The number of rotatable bonds is 8. The Bertz CT molecular complexity index is 1120. The smallest absolute Gasteiger partial charge is 0.264 e. The highest BCUT2D eigenvalue weighted by Crippen LogP contribution is 2.26. The number of amides is 1. The molecule has 1 amide bonds. The molecule has 0 saturated heterocycles. The van der Waals surface area contributed by atoms with Crippen molar-refractivity contribution >= 4 is 33.2 Å².